The highest BCUT2D eigenvalue weighted by Gasteiger charge is 2.10. The molecule has 0 amide bonds. The molecule has 0 radical (unpaired) electrons. The molecule has 0 aliphatic carbocycles. The van der Waals surface area contributed by atoms with Crippen LogP contribution in [0.5, 0.6) is 5.75 Å². The zero-order chi connectivity index (χ0) is 12.8. The lowest BCUT2D eigenvalue weighted by molar-refractivity contribution is 0.178. The largest absolute Gasteiger partial charge is 0.503 e. The number of phenolic OH excluding ortho intramolecular Hbond substituents is 1. The molecule has 1 aromatic rings. The monoisotopic (exact) mass is 245 g/mol. The lowest BCUT2D eigenvalue weighted by Crippen LogP contribution is -2.20. The summed E-state index contributed by atoms with van der Waals surface area (Å²) in [5.74, 6) is -2.77. The highest BCUT2D eigenvalue weighted by molar-refractivity contribution is 5.29. The number of aromatic hydroxyl groups is 1. The Morgan fingerprint density at radius 1 is 1.29 bits per heavy atom. The van der Waals surface area contributed by atoms with Crippen LogP contribution in [0.1, 0.15) is 12.0 Å². The molecule has 1 N–H and O–H groups in total. The third kappa shape index (κ3) is 4.28. The first kappa shape index (κ1) is 13.9. The molecule has 0 fully saturated rings. The van der Waals surface area contributed by atoms with E-state index in [0.29, 0.717) is 18.7 Å². The first-order valence-electron chi connectivity index (χ1n) is 5.39. The summed E-state index contributed by atoms with van der Waals surface area (Å²) < 4.78 is 31.1. The molecule has 0 saturated heterocycles. The second-order valence-corrected chi connectivity index (χ2v) is 3.99. The third-order valence-electron chi connectivity index (χ3n) is 2.42. The van der Waals surface area contributed by atoms with Crippen molar-refractivity contribution in [2.45, 2.75) is 13.0 Å². The fourth-order valence-electron chi connectivity index (χ4n) is 1.58. The van der Waals surface area contributed by atoms with Crippen LogP contribution in [0.25, 0.3) is 0 Å². The number of methoxy groups -OCH3 is 1. The maximum atomic E-state index is 13.1. The molecular formula is C12H17F2NO2. The minimum absolute atomic E-state index is 0.428. The summed E-state index contributed by atoms with van der Waals surface area (Å²) in [5.41, 5.74) is 0.498. The summed E-state index contributed by atoms with van der Waals surface area (Å²) >= 11 is 0. The number of ether oxygens (including phenoxy) is 1. The fraction of sp³-hybridized carbons (Fsp3) is 0.500. The van der Waals surface area contributed by atoms with Gasteiger partial charge in [-0.1, -0.05) is 0 Å². The molecule has 0 saturated carbocycles. The van der Waals surface area contributed by atoms with E-state index in [1.807, 2.05) is 11.9 Å². The number of halogens is 2. The van der Waals surface area contributed by atoms with Crippen molar-refractivity contribution in [2.75, 3.05) is 27.3 Å². The van der Waals surface area contributed by atoms with Crippen LogP contribution >= 0.6 is 0 Å². The van der Waals surface area contributed by atoms with E-state index < -0.39 is 17.4 Å². The molecular weight excluding hydrogens is 228 g/mol. The summed E-state index contributed by atoms with van der Waals surface area (Å²) in [7, 11) is 3.49. The normalized spacial score (nSPS) is 11.1. The smallest absolute Gasteiger partial charge is 0.187 e. The van der Waals surface area contributed by atoms with E-state index in [1.165, 1.54) is 0 Å². The summed E-state index contributed by atoms with van der Waals surface area (Å²) in [4.78, 5) is 1.93. The molecule has 0 aliphatic heterocycles. The number of hydrogen-bond acceptors (Lipinski definition) is 3. The van der Waals surface area contributed by atoms with Crippen molar-refractivity contribution in [1.29, 1.82) is 0 Å². The lowest BCUT2D eigenvalue weighted by Gasteiger charge is -2.16. The Morgan fingerprint density at radius 3 is 2.41 bits per heavy atom. The summed E-state index contributed by atoms with van der Waals surface area (Å²) in [6.07, 6.45) is 0.857. The second-order valence-electron chi connectivity index (χ2n) is 3.99. The van der Waals surface area contributed by atoms with E-state index in [2.05, 4.69) is 0 Å². The second kappa shape index (κ2) is 6.51. The minimum atomic E-state index is -0.926. The van der Waals surface area contributed by atoms with Gasteiger partial charge in [-0.2, -0.15) is 0 Å². The molecule has 0 unspecified atom stereocenters. The van der Waals surface area contributed by atoms with E-state index in [9.17, 15) is 8.78 Å². The van der Waals surface area contributed by atoms with Crippen molar-refractivity contribution < 1.29 is 18.6 Å². The van der Waals surface area contributed by atoms with E-state index >= 15 is 0 Å². The van der Waals surface area contributed by atoms with Gasteiger partial charge in [0.05, 0.1) is 0 Å². The van der Waals surface area contributed by atoms with Crippen molar-refractivity contribution in [2.24, 2.45) is 0 Å². The van der Waals surface area contributed by atoms with E-state index in [4.69, 9.17) is 9.84 Å². The number of nitrogens with zero attached hydrogens (tertiary/aromatic N) is 1. The maximum Gasteiger partial charge on any atom is 0.187 e. The molecule has 0 spiro atoms. The minimum Gasteiger partial charge on any atom is -0.503 e. The van der Waals surface area contributed by atoms with Crippen molar-refractivity contribution in [1.82, 2.24) is 4.90 Å². The fourth-order valence-corrected chi connectivity index (χ4v) is 1.58. The van der Waals surface area contributed by atoms with Gasteiger partial charge in [0, 0.05) is 26.8 Å². The highest BCUT2D eigenvalue weighted by atomic mass is 19.1. The Bertz CT molecular complexity index is 349. The number of phenols is 1. The zero-order valence-electron chi connectivity index (χ0n) is 10.0. The van der Waals surface area contributed by atoms with Gasteiger partial charge in [0.25, 0.3) is 0 Å². The SMILES string of the molecule is COCCCN(C)Cc1cc(F)c(O)c(F)c1. The highest BCUT2D eigenvalue weighted by Crippen LogP contribution is 2.21. The zero-order valence-corrected chi connectivity index (χ0v) is 10.0. The number of benzene rings is 1. The van der Waals surface area contributed by atoms with Crippen molar-refractivity contribution >= 4 is 0 Å². The molecule has 0 atom stereocenters. The molecule has 5 heteroatoms. The quantitative estimate of drug-likeness (QED) is 0.779. The van der Waals surface area contributed by atoms with Crippen molar-refractivity contribution in [3.63, 3.8) is 0 Å². The van der Waals surface area contributed by atoms with E-state index in [1.54, 1.807) is 7.11 Å². The van der Waals surface area contributed by atoms with Gasteiger partial charge < -0.3 is 14.7 Å². The average Bonchev–Trinajstić information content (AvgIpc) is 2.26. The Hall–Kier alpha value is -1.20. The molecule has 0 aliphatic rings. The Balaban J connectivity index is 2.56. The van der Waals surface area contributed by atoms with E-state index in [-0.39, 0.29) is 0 Å². The topological polar surface area (TPSA) is 32.7 Å². The van der Waals surface area contributed by atoms with Gasteiger partial charge >= 0.3 is 0 Å². The Labute approximate surface area is 99.6 Å². The molecule has 0 bridgehead atoms. The van der Waals surface area contributed by atoms with Crippen LogP contribution < -0.4 is 0 Å². The Morgan fingerprint density at radius 2 is 1.88 bits per heavy atom. The standard InChI is InChI=1S/C12H17F2NO2/c1-15(4-3-5-17-2)8-9-6-10(13)12(16)11(14)7-9/h6-7,16H,3-5,8H2,1-2H3. The number of hydrogen-bond donors (Lipinski definition) is 1. The predicted molar refractivity (Wildman–Crippen MR) is 60.8 cm³/mol. The van der Waals surface area contributed by atoms with E-state index in [0.717, 1.165) is 25.1 Å². The van der Waals surface area contributed by atoms with Crippen LogP contribution in [-0.2, 0) is 11.3 Å². The van der Waals surface area contributed by atoms with Crippen LogP contribution in [0.4, 0.5) is 8.78 Å². The molecule has 17 heavy (non-hydrogen) atoms. The van der Waals surface area contributed by atoms with Gasteiger partial charge in [-0.15, -0.1) is 0 Å². The van der Waals surface area contributed by atoms with Gasteiger partial charge in [-0.3, -0.25) is 0 Å². The van der Waals surface area contributed by atoms with Crippen LogP contribution in [0.2, 0.25) is 0 Å². The number of rotatable bonds is 6. The van der Waals surface area contributed by atoms with Gasteiger partial charge in [-0.25, -0.2) is 8.78 Å². The molecule has 1 rings (SSSR count). The molecule has 96 valence electrons. The van der Waals surface area contributed by atoms with Crippen molar-refractivity contribution in [3.8, 4) is 5.75 Å². The molecule has 3 nitrogen and oxygen atoms in total. The lowest BCUT2D eigenvalue weighted by atomic mass is 10.2. The first-order chi connectivity index (χ1) is 8.04. The molecule has 0 aromatic heterocycles. The van der Waals surface area contributed by atoms with Crippen molar-refractivity contribution in [3.05, 3.63) is 29.3 Å². The summed E-state index contributed by atoms with van der Waals surface area (Å²) in [5, 5.41) is 8.96. The predicted octanol–water partition coefficient (Wildman–Crippen LogP) is 2.14. The molecule has 0 heterocycles. The molecule has 1 aromatic carbocycles. The first-order valence-corrected chi connectivity index (χ1v) is 5.39. The third-order valence-corrected chi connectivity index (χ3v) is 2.42. The van der Waals surface area contributed by atoms with Crippen LogP contribution in [0.3, 0.4) is 0 Å². The van der Waals surface area contributed by atoms with Crippen LogP contribution in [-0.4, -0.2) is 37.3 Å². The van der Waals surface area contributed by atoms with Gasteiger partial charge in [0.1, 0.15) is 0 Å². The van der Waals surface area contributed by atoms with Gasteiger partial charge in [0.2, 0.25) is 0 Å². The summed E-state index contributed by atoms with van der Waals surface area (Å²) in [6.45, 7) is 1.86. The van der Waals surface area contributed by atoms with Crippen LogP contribution in [0.15, 0.2) is 12.1 Å². The summed E-state index contributed by atoms with van der Waals surface area (Å²) in [6, 6.07) is 2.29. The Kier molecular flexibility index (Phi) is 5.31. The van der Waals surface area contributed by atoms with Gasteiger partial charge in [-0.05, 0) is 31.2 Å². The average molecular weight is 245 g/mol. The maximum absolute atomic E-state index is 13.1. The van der Waals surface area contributed by atoms with Crippen LogP contribution in [0, 0.1) is 11.6 Å². The van der Waals surface area contributed by atoms with Gasteiger partial charge in [0.15, 0.2) is 17.4 Å².